The Hall–Kier alpha value is -0.830. The van der Waals surface area contributed by atoms with Crippen LogP contribution in [0, 0.1) is 0 Å². The molecule has 0 unspecified atom stereocenters. The van der Waals surface area contributed by atoms with E-state index >= 15 is 0 Å². The summed E-state index contributed by atoms with van der Waals surface area (Å²) in [5, 5.41) is 0. The molecule has 0 aromatic rings. The first kappa shape index (κ1) is 5.92. The number of allylic oxidation sites excluding steroid dienone is 1. The van der Waals surface area contributed by atoms with Gasteiger partial charge in [0.15, 0.2) is 5.78 Å². The van der Waals surface area contributed by atoms with Crippen molar-refractivity contribution in [1.29, 1.82) is 0 Å². The van der Waals surface area contributed by atoms with Crippen LogP contribution in [-0.2, 0) is 4.79 Å². The van der Waals surface area contributed by atoms with E-state index in [9.17, 15) is 4.79 Å². The smallest absolute Gasteiger partial charge is 0.180 e. The van der Waals surface area contributed by atoms with Crippen LogP contribution < -0.4 is 10.9 Å². The number of ketones is 1. The average Bonchev–Trinajstić information content (AvgIpc) is 2.36. The fraction of sp³-hybridized carbons (Fsp3) is 0.571. The van der Waals surface area contributed by atoms with Gasteiger partial charge in [-0.25, -0.2) is 5.43 Å². The molecule has 54 valence electrons. The lowest BCUT2D eigenvalue weighted by molar-refractivity contribution is -0.116. The van der Waals surface area contributed by atoms with Crippen LogP contribution in [0.1, 0.15) is 19.3 Å². The molecule has 10 heavy (non-hydrogen) atoms. The van der Waals surface area contributed by atoms with Crippen LogP contribution in [0.25, 0.3) is 0 Å². The number of Topliss-reactive ketones (excluding diaryl/α,β-unsaturated/α-hetero) is 1. The molecule has 0 aromatic carbocycles. The second kappa shape index (κ2) is 2.09. The second-order valence-corrected chi connectivity index (χ2v) is 2.73. The predicted octanol–water partition coefficient (Wildman–Crippen LogP) is 0.101. The largest absolute Gasteiger partial charge is 0.318 e. The highest BCUT2D eigenvalue weighted by atomic mass is 16.1. The number of carbonyl (C=O) groups is 1. The Bertz CT molecular complexity index is 208. The molecule has 0 atom stereocenters. The summed E-state index contributed by atoms with van der Waals surface area (Å²) in [5.74, 6) is 0.270. The van der Waals surface area contributed by atoms with Crippen LogP contribution in [0.3, 0.4) is 0 Å². The van der Waals surface area contributed by atoms with Gasteiger partial charge in [0.25, 0.3) is 0 Å². The van der Waals surface area contributed by atoms with E-state index in [2.05, 4.69) is 10.9 Å². The lowest BCUT2D eigenvalue weighted by Crippen LogP contribution is -2.27. The third-order valence-corrected chi connectivity index (χ3v) is 2.03. The Morgan fingerprint density at radius 1 is 1.30 bits per heavy atom. The summed E-state index contributed by atoms with van der Waals surface area (Å²) in [4.78, 5) is 11.1. The number of rotatable bonds is 0. The van der Waals surface area contributed by atoms with Gasteiger partial charge in [-0.3, -0.25) is 4.79 Å². The molecule has 0 amide bonds. The van der Waals surface area contributed by atoms with Gasteiger partial charge in [-0.1, -0.05) is 0 Å². The summed E-state index contributed by atoms with van der Waals surface area (Å²) in [6, 6.07) is 0. The highest BCUT2D eigenvalue weighted by Crippen LogP contribution is 2.21. The zero-order valence-corrected chi connectivity index (χ0v) is 5.74. The normalized spacial score (nSPS) is 24.6. The van der Waals surface area contributed by atoms with Crippen molar-refractivity contribution < 1.29 is 4.79 Å². The van der Waals surface area contributed by atoms with Crippen molar-refractivity contribution in [1.82, 2.24) is 10.9 Å². The van der Waals surface area contributed by atoms with Gasteiger partial charge in [0.05, 0.1) is 5.70 Å². The van der Waals surface area contributed by atoms with Gasteiger partial charge in [-0.15, -0.1) is 0 Å². The minimum atomic E-state index is 0.270. The molecule has 0 aromatic heterocycles. The summed E-state index contributed by atoms with van der Waals surface area (Å²) in [6.45, 7) is 0.848. The standard InChI is InChI=1S/C7H10N2O/c10-6-3-1-2-5-4-8-9-7(5)6/h8-9H,1-4H2. The average molecular weight is 138 g/mol. The van der Waals surface area contributed by atoms with Crippen molar-refractivity contribution >= 4 is 5.78 Å². The number of hydrogen-bond acceptors (Lipinski definition) is 3. The Kier molecular flexibility index (Phi) is 1.24. The molecule has 0 bridgehead atoms. The van der Waals surface area contributed by atoms with Crippen molar-refractivity contribution in [2.45, 2.75) is 19.3 Å². The number of hydrazine groups is 1. The molecule has 2 rings (SSSR count). The molecule has 1 heterocycles. The highest BCUT2D eigenvalue weighted by molar-refractivity contribution is 5.96. The van der Waals surface area contributed by atoms with Gasteiger partial charge in [0, 0.05) is 13.0 Å². The SMILES string of the molecule is O=C1CCCC2=C1NNC2. The van der Waals surface area contributed by atoms with Crippen molar-refractivity contribution in [3.05, 3.63) is 11.3 Å². The maximum atomic E-state index is 11.1. The molecule has 1 aliphatic carbocycles. The third-order valence-electron chi connectivity index (χ3n) is 2.03. The molecule has 0 fully saturated rings. The zero-order valence-electron chi connectivity index (χ0n) is 5.74. The van der Waals surface area contributed by atoms with E-state index in [0.29, 0.717) is 6.42 Å². The lowest BCUT2D eigenvalue weighted by atomic mass is 9.97. The van der Waals surface area contributed by atoms with Crippen molar-refractivity contribution in [2.24, 2.45) is 0 Å². The lowest BCUT2D eigenvalue weighted by Gasteiger charge is -2.10. The molecule has 0 radical (unpaired) electrons. The first-order chi connectivity index (χ1) is 4.88. The van der Waals surface area contributed by atoms with Gasteiger partial charge in [0.1, 0.15) is 0 Å². The Balaban J connectivity index is 2.31. The molecule has 2 aliphatic rings. The summed E-state index contributed by atoms with van der Waals surface area (Å²) >= 11 is 0. The Labute approximate surface area is 59.5 Å². The maximum Gasteiger partial charge on any atom is 0.180 e. The number of nitrogens with one attached hydrogen (secondary N) is 2. The predicted molar refractivity (Wildman–Crippen MR) is 37.0 cm³/mol. The van der Waals surface area contributed by atoms with E-state index < -0.39 is 0 Å². The molecule has 3 heteroatoms. The second-order valence-electron chi connectivity index (χ2n) is 2.73. The Morgan fingerprint density at radius 3 is 3.00 bits per heavy atom. The minimum absolute atomic E-state index is 0.270. The molecular formula is C7H10N2O. The molecular weight excluding hydrogens is 128 g/mol. The monoisotopic (exact) mass is 138 g/mol. The topological polar surface area (TPSA) is 41.1 Å². The molecule has 0 saturated heterocycles. The van der Waals surface area contributed by atoms with Crippen LogP contribution in [0.15, 0.2) is 11.3 Å². The van der Waals surface area contributed by atoms with Gasteiger partial charge < -0.3 is 5.43 Å². The fourth-order valence-electron chi connectivity index (χ4n) is 1.48. The van der Waals surface area contributed by atoms with Gasteiger partial charge in [-0.05, 0) is 18.4 Å². The zero-order chi connectivity index (χ0) is 6.97. The molecule has 3 nitrogen and oxygen atoms in total. The number of hydrogen-bond donors (Lipinski definition) is 2. The van der Waals surface area contributed by atoms with Gasteiger partial charge in [0.2, 0.25) is 0 Å². The molecule has 1 aliphatic heterocycles. The van der Waals surface area contributed by atoms with E-state index in [0.717, 1.165) is 25.1 Å². The van der Waals surface area contributed by atoms with Gasteiger partial charge >= 0.3 is 0 Å². The van der Waals surface area contributed by atoms with Crippen LogP contribution in [0.4, 0.5) is 0 Å². The van der Waals surface area contributed by atoms with Crippen LogP contribution >= 0.6 is 0 Å². The molecule has 0 saturated carbocycles. The van der Waals surface area contributed by atoms with Crippen LogP contribution in [0.2, 0.25) is 0 Å². The van der Waals surface area contributed by atoms with Crippen molar-refractivity contribution in [3.8, 4) is 0 Å². The molecule has 0 spiro atoms. The quantitative estimate of drug-likeness (QED) is 0.499. The first-order valence-electron chi connectivity index (χ1n) is 3.62. The fourth-order valence-corrected chi connectivity index (χ4v) is 1.48. The van der Waals surface area contributed by atoms with Gasteiger partial charge in [-0.2, -0.15) is 0 Å². The summed E-state index contributed by atoms with van der Waals surface area (Å²) < 4.78 is 0. The summed E-state index contributed by atoms with van der Waals surface area (Å²) in [5.41, 5.74) is 7.94. The Morgan fingerprint density at radius 2 is 2.20 bits per heavy atom. The van der Waals surface area contributed by atoms with E-state index in [1.165, 1.54) is 5.57 Å². The van der Waals surface area contributed by atoms with Crippen LogP contribution in [-0.4, -0.2) is 12.3 Å². The minimum Gasteiger partial charge on any atom is -0.318 e. The highest BCUT2D eigenvalue weighted by Gasteiger charge is 2.23. The molecule has 2 N–H and O–H groups in total. The summed E-state index contributed by atoms with van der Waals surface area (Å²) in [7, 11) is 0. The maximum absolute atomic E-state index is 11.1. The van der Waals surface area contributed by atoms with E-state index in [1.807, 2.05) is 0 Å². The summed E-state index contributed by atoms with van der Waals surface area (Å²) in [6.07, 6.45) is 2.83. The van der Waals surface area contributed by atoms with E-state index in [-0.39, 0.29) is 5.78 Å². The van der Waals surface area contributed by atoms with Crippen LogP contribution in [0.5, 0.6) is 0 Å². The van der Waals surface area contributed by atoms with Crippen molar-refractivity contribution in [2.75, 3.05) is 6.54 Å². The van der Waals surface area contributed by atoms with E-state index in [4.69, 9.17) is 0 Å². The first-order valence-corrected chi connectivity index (χ1v) is 3.62. The van der Waals surface area contributed by atoms with Crippen molar-refractivity contribution in [3.63, 3.8) is 0 Å². The third kappa shape index (κ3) is 0.743. The number of carbonyl (C=O) groups excluding carboxylic acids is 1. The van der Waals surface area contributed by atoms with E-state index in [1.54, 1.807) is 0 Å².